The number of carbonyl (C=O) groups excluding carboxylic acids is 1. The summed E-state index contributed by atoms with van der Waals surface area (Å²) in [6.07, 6.45) is 4.24. The van der Waals surface area contributed by atoms with Gasteiger partial charge < -0.3 is 9.47 Å². The minimum Gasteiger partial charge on any atom is -0.493 e. The number of amides is 1. The molecule has 0 aliphatic heterocycles. The first-order valence-corrected chi connectivity index (χ1v) is 10.0. The van der Waals surface area contributed by atoms with Gasteiger partial charge in [-0.15, -0.1) is 11.3 Å². The average Bonchev–Trinajstić information content (AvgIpc) is 3.23. The predicted molar refractivity (Wildman–Crippen MR) is 111 cm³/mol. The topological polar surface area (TPSA) is 77.2 Å². The van der Waals surface area contributed by atoms with Gasteiger partial charge in [-0.05, 0) is 30.5 Å². The molecule has 0 saturated heterocycles. The molecule has 0 atom stereocenters. The number of hydrazone groups is 1. The molecule has 0 fully saturated rings. The first-order valence-electron chi connectivity index (χ1n) is 8.75. The summed E-state index contributed by atoms with van der Waals surface area (Å²) in [7, 11) is 1.54. The van der Waals surface area contributed by atoms with Crippen molar-refractivity contribution in [2.24, 2.45) is 11.0 Å². The van der Waals surface area contributed by atoms with E-state index in [-0.39, 0.29) is 5.91 Å². The number of methoxy groups -OCH3 is 1. The molecule has 1 N–H and O–H groups in total. The Bertz CT molecular complexity index is 996. The van der Waals surface area contributed by atoms with Crippen LogP contribution in [-0.2, 0) is 0 Å². The monoisotopic (exact) mass is 420 g/mol. The summed E-state index contributed by atoms with van der Waals surface area (Å²) in [6.45, 7) is 4.86. The van der Waals surface area contributed by atoms with Crippen molar-refractivity contribution in [2.75, 3.05) is 13.7 Å². The molecule has 28 heavy (non-hydrogen) atoms. The van der Waals surface area contributed by atoms with Crippen molar-refractivity contribution in [3.05, 3.63) is 46.2 Å². The van der Waals surface area contributed by atoms with E-state index in [2.05, 4.69) is 29.4 Å². The fourth-order valence-electron chi connectivity index (χ4n) is 2.44. The Hall–Kier alpha value is -2.58. The SMILES string of the molecule is COc1cc(C(=O)N/N=C/c2c(Cl)nc3sccn23)ccc1OCCC(C)C. The smallest absolute Gasteiger partial charge is 0.271 e. The van der Waals surface area contributed by atoms with Crippen molar-refractivity contribution in [3.63, 3.8) is 0 Å². The maximum absolute atomic E-state index is 12.4. The minimum atomic E-state index is -0.370. The van der Waals surface area contributed by atoms with Crippen LogP contribution in [-0.4, -0.2) is 35.2 Å². The highest BCUT2D eigenvalue weighted by Gasteiger charge is 2.12. The summed E-state index contributed by atoms with van der Waals surface area (Å²) in [5, 5.41) is 6.21. The van der Waals surface area contributed by atoms with Gasteiger partial charge in [0, 0.05) is 17.1 Å². The first-order chi connectivity index (χ1) is 13.5. The zero-order chi connectivity index (χ0) is 20.1. The maximum Gasteiger partial charge on any atom is 0.271 e. The highest BCUT2D eigenvalue weighted by Crippen LogP contribution is 2.28. The van der Waals surface area contributed by atoms with Crippen LogP contribution >= 0.6 is 22.9 Å². The van der Waals surface area contributed by atoms with Crippen molar-refractivity contribution in [1.29, 1.82) is 0 Å². The van der Waals surface area contributed by atoms with Gasteiger partial charge in [0.1, 0.15) is 5.69 Å². The molecular weight excluding hydrogens is 400 g/mol. The molecule has 0 radical (unpaired) electrons. The number of halogens is 1. The lowest BCUT2D eigenvalue weighted by molar-refractivity contribution is 0.0954. The van der Waals surface area contributed by atoms with E-state index in [1.807, 2.05) is 11.6 Å². The third kappa shape index (κ3) is 4.63. The van der Waals surface area contributed by atoms with Crippen molar-refractivity contribution in [2.45, 2.75) is 20.3 Å². The van der Waals surface area contributed by atoms with Crippen LogP contribution in [0.5, 0.6) is 11.5 Å². The Labute approximate surface area is 171 Å². The zero-order valence-electron chi connectivity index (χ0n) is 15.8. The lowest BCUT2D eigenvalue weighted by atomic mass is 10.1. The molecule has 0 aliphatic rings. The normalized spacial score (nSPS) is 11.5. The second kappa shape index (κ2) is 9.07. The van der Waals surface area contributed by atoms with Crippen LogP contribution in [0.3, 0.4) is 0 Å². The van der Waals surface area contributed by atoms with E-state index in [0.29, 0.717) is 40.4 Å². The number of thiazole rings is 1. The van der Waals surface area contributed by atoms with E-state index in [0.717, 1.165) is 11.4 Å². The van der Waals surface area contributed by atoms with E-state index in [4.69, 9.17) is 21.1 Å². The van der Waals surface area contributed by atoms with Gasteiger partial charge in [0.25, 0.3) is 5.91 Å². The van der Waals surface area contributed by atoms with Crippen molar-refractivity contribution < 1.29 is 14.3 Å². The number of nitrogens with one attached hydrogen (secondary N) is 1. The van der Waals surface area contributed by atoms with Gasteiger partial charge in [-0.1, -0.05) is 25.4 Å². The highest BCUT2D eigenvalue weighted by molar-refractivity contribution is 7.15. The number of carbonyl (C=O) groups is 1. The molecule has 0 unspecified atom stereocenters. The number of aromatic nitrogens is 2. The molecule has 148 valence electrons. The standard InChI is InChI=1S/C19H21ClN4O3S/c1-12(2)6-8-27-15-5-4-13(10-16(15)26-3)18(25)23-21-11-14-17(20)22-19-24(14)7-9-28-19/h4-5,7,9-12H,6,8H2,1-3H3,(H,23,25)/b21-11+. The van der Waals surface area contributed by atoms with Crippen molar-refractivity contribution >= 4 is 40.0 Å². The molecule has 2 aromatic heterocycles. The van der Waals surface area contributed by atoms with Crippen LogP contribution in [0.15, 0.2) is 34.9 Å². The van der Waals surface area contributed by atoms with Crippen LogP contribution in [0.4, 0.5) is 0 Å². The van der Waals surface area contributed by atoms with Gasteiger partial charge in [0.05, 0.1) is 19.9 Å². The number of nitrogens with zero attached hydrogens (tertiary/aromatic N) is 3. The Morgan fingerprint density at radius 1 is 1.43 bits per heavy atom. The fourth-order valence-corrected chi connectivity index (χ4v) is 3.43. The van der Waals surface area contributed by atoms with Gasteiger partial charge in [0.15, 0.2) is 21.6 Å². The Balaban J connectivity index is 1.66. The number of ether oxygens (including phenoxy) is 2. The third-order valence-corrected chi connectivity index (χ3v) is 5.02. The number of imidazole rings is 1. The van der Waals surface area contributed by atoms with E-state index in [9.17, 15) is 4.79 Å². The number of hydrogen-bond acceptors (Lipinski definition) is 6. The molecule has 9 heteroatoms. The molecule has 3 aromatic rings. The van der Waals surface area contributed by atoms with Gasteiger partial charge >= 0.3 is 0 Å². The Morgan fingerprint density at radius 2 is 2.25 bits per heavy atom. The molecule has 0 bridgehead atoms. The number of fused-ring (bicyclic) bond motifs is 1. The number of benzene rings is 1. The van der Waals surface area contributed by atoms with Crippen LogP contribution in [0.1, 0.15) is 36.3 Å². The molecule has 0 aliphatic carbocycles. The summed E-state index contributed by atoms with van der Waals surface area (Å²) < 4.78 is 12.9. The predicted octanol–water partition coefficient (Wildman–Crippen LogP) is 4.25. The largest absolute Gasteiger partial charge is 0.493 e. The average molecular weight is 421 g/mol. The molecule has 3 rings (SSSR count). The summed E-state index contributed by atoms with van der Waals surface area (Å²) in [5.41, 5.74) is 3.50. The minimum absolute atomic E-state index is 0.328. The first kappa shape index (κ1) is 20.2. The Kier molecular flexibility index (Phi) is 6.53. The molecule has 0 spiro atoms. The molecule has 1 amide bonds. The summed E-state index contributed by atoms with van der Waals surface area (Å²) in [6, 6.07) is 5.01. The second-order valence-corrected chi connectivity index (χ2v) is 7.67. The molecule has 2 heterocycles. The summed E-state index contributed by atoms with van der Waals surface area (Å²) >= 11 is 7.56. The van der Waals surface area contributed by atoms with E-state index in [1.165, 1.54) is 24.7 Å². The van der Waals surface area contributed by atoms with Gasteiger partial charge in [-0.25, -0.2) is 10.4 Å². The molecule has 0 saturated carbocycles. The van der Waals surface area contributed by atoms with Crippen LogP contribution < -0.4 is 14.9 Å². The quantitative estimate of drug-likeness (QED) is 0.436. The van der Waals surface area contributed by atoms with Crippen LogP contribution in [0, 0.1) is 5.92 Å². The van der Waals surface area contributed by atoms with E-state index in [1.54, 1.807) is 22.6 Å². The van der Waals surface area contributed by atoms with E-state index < -0.39 is 0 Å². The van der Waals surface area contributed by atoms with Gasteiger partial charge in [0.2, 0.25) is 0 Å². The molecule has 7 nitrogen and oxygen atoms in total. The van der Waals surface area contributed by atoms with Crippen LogP contribution in [0.2, 0.25) is 5.15 Å². The summed E-state index contributed by atoms with van der Waals surface area (Å²) in [4.78, 5) is 17.3. The van der Waals surface area contributed by atoms with E-state index >= 15 is 0 Å². The van der Waals surface area contributed by atoms with Gasteiger partial charge in [-0.3, -0.25) is 9.20 Å². The lowest BCUT2D eigenvalue weighted by Gasteiger charge is -2.12. The van der Waals surface area contributed by atoms with Crippen LogP contribution in [0.25, 0.3) is 4.96 Å². The lowest BCUT2D eigenvalue weighted by Crippen LogP contribution is -2.18. The molecular formula is C19H21ClN4O3S. The van der Waals surface area contributed by atoms with Gasteiger partial charge in [-0.2, -0.15) is 5.10 Å². The number of rotatable bonds is 8. The molecule has 1 aromatic carbocycles. The fraction of sp³-hybridized carbons (Fsp3) is 0.316. The van der Waals surface area contributed by atoms with Crippen molar-refractivity contribution in [3.8, 4) is 11.5 Å². The number of hydrogen-bond donors (Lipinski definition) is 1. The maximum atomic E-state index is 12.4. The second-order valence-electron chi connectivity index (χ2n) is 6.44. The Morgan fingerprint density at radius 3 is 3.00 bits per heavy atom. The zero-order valence-corrected chi connectivity index (χ0v) is 17.4. The van der Waals surface area contributed by atoms with Crippen molar-refractivity contribution in [1.82, 2.24) is 14.8 Å². The summed E-state index contributed by atoms with van der Waals surface area (Å²) in [5.74, 6) is 1.28. The third-order valence-electron chi connectivity index (χ3n) is 3.99. The highest BCUT2D eigenvalue weighted by atomic mass is 35.5.